The minimum Gasteiger partial charge on any atom is -0.370 e. The molecule has 0 saturated heterocycles. The summed E-state index contributed by atoms with van der Waals surface area (Å²) in [6.45, 7) is 3.07. The third kappa shape index (κ3) is 46.2. The summed E-state index contributed by atoms with van der Waals surface area (Å²) in [5.74, 6) is -0.333. The van der Waals surface area contributed by atoms with E-state index < -0.39 is 0 Å². The van der Waals surface area contributed by atoms with E-state index in [0.717, 1.165) is 6.54 Å². The van der Waals surface area contributed by atoms with Gasteiger partial charge in [0.25, 0.3) is 0 Å². The lowest BCUT2D eigenvalue weighted by Gasteiger charge is -1.90. The summed E-state index contributed by atoms with van der Waals surface area (Å²) in [5, 5.41) is 6.06. The smallest absolute Gasteiger partial charge is 0.183 e. The average molecular weight is 160 g/mol. The van der Waals surface area contributed by atoms with Crippen LogP contribution in [0.5, 0.6) is 0 Å². The van der Waals surface area contributed by atoms with Crippen LogP contribution in [0.25, 0.3) is 0 Å². The Labute approximate surface area is 68.6 Å². The number of nitrogens with one attached hydrogen (secondary N) is 1. The highest BCUT2D eigenvalue weighted by atomic mass is 14.9. The molecule has 0 saturated carbocycles. The second kappa shape index (κ2) is 12.0. The fourth-order valence-electron chi connectivity index (χ4n) is 0.571. The van der Waals surface area contributed by atoms with Gasteiger partial charge >= 0.3 is 0 Å². The number of unbranched alkanes of at least 4 members (excludes halogenated alkanes) is 3. The zero-order chi connectivity index (χ0) is 9.11. The van der Waals surface area contributed by atoms with Crippen molar-refractivity contribution in [3.63, 3.8) is 0 Å². The van der Waals surface area contributed by atoms with E-state index in [-0.39, 0.29) is 5.96 Å². The first-order valence-electron chi connectivity index (χ1n) is 3.94. The van der Waals surface area contributed by atoms with Gasteiger partial charge in [-0.1, -0.05) is 26.2 Å². The normalized spacial score (nSPS) is 8.18. The molecule has 0 amide bonds. The van der Waals surface area contributed by atoms with Crippen LogP contribution in [0.4, 0.5) is 0 Å². The van der Waals surface area contributed by atoms with Crippen LogP contribution < -0.4 is 17.2 Å². The van der Waals surface area contributed by atoms with Crippen molar-refractivity contribution in [1.29, 1.82) is 5.41 Å². The highest BCUT2D eigenvalue weighted by molar-refractivity contribution is 5.71. The molecule has 0 rings (SSSR count). The van der Waals surface area contributed by atoms with Gasteiger partial charge < -0.3 is 17.2 Å². The van der Waals surface area contributed by atoms with Crippen LogP contribution >= 0.6 is 0 Å². The van der Waals surface area contributed by atoms with Gasteiger partial charge in [-0.25, -0.2) is 0 Å². The van der Waals surface area contributed by atoms with Crippen LogP contribution in [0.1, 0.15) is 32.6 Å². The summed E-state index contributed by atoms with van der Waals surface area (Å²) < 4.78 is 0. The van der Waals surface area contributed by atoms with E-state index >= 15 is 0 Å². The van der Waals surface area contributed by atoms with E-state index in [1.54, 1.807) is 0 Å². The molecule has 0 aliphatic rings. The first kappa shape index (κ1) is 12.9. The molecule has 0 aromatic rings. The quantitative estimate of drug-likeness (QED) is 0.271. The first-order valence-corrected chi connectivity index (χ1v) is 3.94. The molecule has 0 aromatic heterocycles. The molecule has 11 heavy (non-hydrogen) atoms. The maximum atomic E-state index is 6.06. The zero-order valence-electron chi connectivity index (χ0n) is 7.27. The lowest BCUT2D eigenvalue weighted by atomic mass is 10.2. The number of hydrogen-bond donors (Lipinski definition) is 4. The largest absolute Gasteiger partial charge is 0.370 e. The molecule has 4 nitrogen and oxygen atoms in total. The van der Waals surface area contributed by atoms with Gasteiger partial charge in [-0.15, -0.1) is 0 Å². The molecule has 0 bridgehead atoms. The third-order valence-electron chi connectivity index (χ3n) is 1.06. The Balaban J connectivity index is 0. The van der Waals surface area contributed by atoms with Crippen molar-refractivity contribution in [3.05, 3.63) is 0 Å². The van der Waals surface area contributed by atoms with Crippen molar-refractivity contribution < 1.29 is 0 Å². The summed E-state index contributed by atoms with van der Waals surface area (Å²) in [4.78, 5) is 0. The maximum absolute atomic E-state index is 6.06. The minimum absolute atomic E-state index is 0.333. The zero-order valence-corrected chi connectivity index (χ0v) is 7.27. The maximum Gasteiger partial charge on any atom is 0.183 e. The first-order chi connectivity index (χ1) is 5.15. The molecular formula is C7H20N4. The molecule has 0 unspecified atom stereocenters. The van der Waals surface area contributed by atoms with Gasteiger partial charge in [-0.2, -0.15) is 0 Å². The summed E-state index contributed by atoms with van der Waals surface area (Å²) in [5.41, 5.74) is 14.2. The van der Waals surface area contributed by atoms with Crippen molar-refractivity contribution in [1.82, 2.24) is 0 Å². The van der Waals surface area contributed by atoms with Gasteiger partial charge in [0.05, 0.1) is 0 Å². The lowest BCUT2D eigenvalue weighted by Crippen LogP contribution is -2.20. The molecule has 0 fully saturated rings. The molecular weight excluding hydrogens is 140 g/mol. The van der Waals surface area contributed by atoms with E-state index in [4.69, 9.17) is 11.1 Å². The van der Waals surface area contributed by atoms with Gasteiger partial charge in [0, 0.05) is 0 Å². The van der Waals surface area contributed by atoms with E-state index in [1.165, 1.54) is 25.7 Å². The van der Waals surface area contributed by atoms with Gasteiger partial charge in [0.2, 0.25) is 0 Å². The Hall–Kier alpha value is -0.770. The van der Waals surface area contributed by atoms with Crippen molar-refractivity contribution in [2.75, 3.05) is 6.54 Å². The van der Waals surface area contributed by atoms with Crippen LogP contribution in [0.15, 0.2) is 0 Å². The van der Waals surface area contributed by atoms with E-state index in [9.17, 15) is 0 Å². The van der Waals surface area contributed by atoms with Crippen molar-refractivity contribution in [3.8, 4) is 0 Å². The molecule has 0 atom stereocenters. The summed E-state index contributed by atoms with van der Waals surface area (Å²) in [7, 11) is 0. The lowest BCUT2D eigenvalue weighted by molar-refractivity contribution is 0.674. The fraction of sp³-hybridized carbons (Fsp3) is 0.857. The number of nitrogens with two attached hydrogens (primary N) is 3. The number of guanidine groups is 1. The highest BCUT2D eigenvalue weighted by Crippen LogP contribution is 1.95. The van der Waals surface area contributed by atoms with Crippen LogP contribution in [0.3, 0.4) is 0 Å². The average Bonchev–Trinajstić information content (AvgIpc) is 1.88. The van der Waals surface area contributed by atoms with Gasteiger partial charge in [0.1, 0.15) is 0 Å². The van der Waals surface area contributed by atoms with Crippen LogP contribution in [0.2, 0.25) is 0 Å². The van der Waals surface area contributed by atoms with Crippen molar-refractivity contribution in [2.45, 2.75) is 32.6 Å². The van der Waals surface area contributed by atoms with E-state index in [2.05, 4.69) is 18.4 Å². The summed E-state index contributed by atoms with van der Waals surface area (Å²) in [6, 6.07) is 0. The Morgan fingerprint density at radius 1 is 1.18 bits per heavy atom. The number of hydrogen-bond acceptors (Lipinski definition) is 2. The highest BCUT2D eigenvalue weighted by Gasteiger charge is 1.80. The minimum atomic E-state index is -0.333. The SMILES string of the molecule is CCCCCCN.N=C(N)N. The van der Waals surface area contributed by atoms with Crippen LogP contribution in [-0.2, 0) is 0 Å². The molecule has 0 heterocycles. The molecule has 0 radical (unpaired) electrons. The van der Waals surface area contributed by atoms with E-state index in [1.807, 2.05) is 0 Å². The van der Waals surface area contributed by atoms with Gasteiger partial charge in [0.15, 0.2) is 5.96 Å². The van der Waals surface area contributed by atoms with Gasteiger partial charge in [-0.05, 0) is 13.0 Å². The summed E-state index contributed by atoms with van der Waals surface area (Å²) in [6.07, 6.45) is 5.16. The number of rotatable bonds is 4. The molecule has 68 valence electrons. The van der Waals surface area contributed by atoms with Crippen LogP contribution in [-0.4, -0.2) is 12.5 Å². The fourth-order valence-corrected chi connectivity index (χ4v) is 0.571. The van der Waals surface area contributed by atoms with E-state index in [0.29, 0.717) is 0 Å². The molecule has 0 spiro atoms. The Morgan fingerprint density at radius 2 is 1.64 bits per heavy atom. The Kier molecular flexibility index (Phi) is 14.0. The second-order valence-electron chi connectivity index (χ2n) is 2.30. The monoisotopic (exact) mass is 160 g/mol. The topological polar surface area (TPSA) is 102 Å². The summed E-state index contributed by atoms with van der Waals surface area (Å²) >= 11 is 0. The Morgan fingerprint density at radius 3 is 1.91 bits per heavy atom. The Bertz CT molecular complexity index is 74.5. The van der Waals surface area contributed by atoms with Crippen molar-refractivity contribution >= 4 is 5.96 Å². The molecule has 0 aromatic carbocycles. The molecule has 7 N–H and O–H groups in total. The molecule has 0 aliphatic heterocycles. The van der Waals surface area contributed by atoms with Gasteiger partial charge in [-0.3, -0.25) is 5.41 Å². The van der Waals surface area contributed by atoms with Crippen LogP contribution in [0, 0.1) is 5.41 Å². The molecule has 4 heteroatoms. The third-order valence-corrected chi connectivity index (χ3v) is 1.06. The second-order valence-corrected chi connectivity index (χ2v) is 2.30. The molecule has 0 aliphatic carbocycles. The predicted molar refractivity (Wildman–Crippen MR) is 49.3 cm³/mol. The standard InChI is InChI=1S/C6H15N.CH5N3/c1-2-3-4-5-6-7;2-1(3)4/h2-7H2,1H3;(H5,2,3,4). The van der Waals surface area contributed by atoms with Crippen molar-refractivity contribution in [2.24, 2.45) is 17.2 Å². The predicted octanol–water partition coefficient (Wildman–Crippen LogP) is 0.364.